The maximum Gasteiger partial charge on any atom is 0.335 e. The minimum Gasteiger partial charge on any atom is -0.493 e. The van der Waals surface area contributed by atoms with Gasteiger partial charge in [0.1, 0.15) is 5.75 Å². The highest BCUT2D eigenvalue weighted by atomic mass is 32.1. The van der Waals surface area contributed by atoms with Gasteiger partial charge in [-0.05, 0) is 25.1 Å². The number of hydrogen-bond acceptors (Lipinski definition) is 4. The van der Waals surface area contributed by atoms with Crippen LogP contribution >= 0.6 is 11.3 Å². The van der Waals surface area contributed by atoms with Gasteiger partial charge in [0.25, 0.3) is 0 Å². The average molecular weight is 263 g/mol. The molecule has 0 saturated heterocycles. The van der Waals surface area contributed by atoms with Gasteiger partial charge in [0.2, 0.25) is 0 Å². The van der Waals surface area contributed by atoms with E-state index in [2.05, 4.69) is 4.98 Å². The summed E-state index contributed by atoms with van der Waals surface area (Å²) in [7, 11) is 0. The van der Waals surface area contributed by atoms with Crippen LogP contribution in [-0.2, 0) is 6.42 Å². The summed E-state index contributed by atoms with van der Waals surface area (Å²) in [5.74, 6) is -0.365. The van der Waals surface area contributed by atoms with Crippen molar-refractivity contribution in [3.8, 4) is 5.75 Å². The summed E-state index contributed by atoms with van der Waals surface area (Å²) in [4.78, 5) is 16.2. The minimum absolute atomic E-state index is 0.237. The highest BCUT2D eigenvalue weighted by Crippen LogP contribution is 2.16. The molecule has 2 rings (SSSR count). The molecule has 1 heterocycles. The van der Waals surface area contributed by atoms with Crippen LogP contribution in [0.5, 0.6) is 5.75 Å². The fourth-order valence-corrected chi connectivity index (χ4v) is 2.31. The summed E-state index contributed by atoms with van der Waals surface area (Å²) in [5.41, 5.74) is 3.08. The molecule has 0 spiro atoms. The van der Waals surface area contributed by atoms with Crippen LogP contribution in [0.25, 0.3) is 0 Å². The van der Waals surface area contributed by atoms with Crippen LogP contribution < -0.4 is 4.74 Å². The molecule has 1 aromatic heterocycles. The van der Waals surface area contributed by atoms with Crippen molar-refractivity contribution in [2.24, 2.45) is 0 Å². The lowest BCUT2D eigenvalue weighted by molar-refractivity contribution is 0.0696. The fourth-order valence-electron chi connectivity index (χ4n) is 1.55. The smallest absolute Gasteiger partial charge is 0.335 e. The molecule has 0 amide bonds. The Morgan fingerprint density at radius 1 is 1.50 bits per heavy atom. The molecule has 0 aliphatic heterocycles. The number of carbonyl (C=O) groups is 1. The van der Waals surface area contributed by atoms with Crippen molar-refractivity contribution in [2.75, 3.05) is 6.61 Å². The summed E-state index contributed by atoms with van der Waals surface area (Å²) in [5, 5.41) is 8.86. The van der Waals surface area contributed by atoms with E-state index in [1.54, 1.807) is 29.5 Å². The molecule has 0 aliphatic rings. The molecule has 5 heteroatoms. The van der Waals surface area contributed by atoms with Gasteiger partial charge in [-0.25, -0.2) is 9.78 Å². The van der Waals surface area contributed by atoms with Gasteiger partial charge in [0.15, 0.2) is 0 Å². The molecule has 1 aromatic carbocycles. The Balaban J connectivity index is 1.92. The number of carboxylic acid groups (broad SMARTS) is 1. The normalized spacial score (nSPS) is 10.3. The van der Waals surface area contributed by atoms with Crippen LogP contribution in [0, 0.1) is 6.92 Å². The summed E-state index contributed by atoms with van der Waals surface area (Å²) in [6, 6.07) is 6.51. The van der Waals surface area contributed by atoms with Crippen molar-refractivity contribution in [1.82, 2.24) is 4.98 Å². The Labute approximate surface area is 109 Å². The molecule has 0 atom stereocenters. The predicted octanol–water partition coefficient (Wildman–Crippen LogP) is 2.77. The second-order valence-corrected chi connectivity index (χ2v) is 4.73. The van der Waals surface area contributed by atoms with Crippen molar-refractivity contribution in [1.29, 1.82) is 0 Å². The number of rotatable bonds is 5. The van der Waals surface area contributed by atoms with E-state index in [1.165, 1.54) is 10.9 Å². The molecule has 0 aliphatic carbocycles. The standard InChI is InChI=1S/C13H13NO3S/c1-9-12(18-8-14-9)5-6-17-11-4-2-3-10(7-11)13(15)16/h2-4,7-8H,5-6H2,1H3,(H,15,16). The van der Waals surface area contributed by atoms with Crippen molar-refractivity contribution >= 4 is 17.3 Å². The molecule has 0 fully saturated rings. The Morgan fingerprint density at radius 2 is 2.33 bits per heavy atom. The average Bonchev–Trinajstić information content (AvgIpc) is 2.76. The first-order valence-electron chi connectivity index (χ1n) is 5.52. The third-order valence-electron chi connectivity index (χ3n) is 2.52. The van der Waals surface area contributed by atoms with Crippen LogP contribution in [0.4, 0.5) is 0 Å². The first-order valence-corrected chi connectivity index (χ1v) is 6.40. The van der Waals surface area contributed by atoms with E-state index >= 15 is 0 Å². The third kappa shape index (κ3) is 3.07. The molecule has 4 nitrogen and oxygen atoms in total. The Hall–Kier alpha value is -1.88. The quantitative estimate of drug-likeness (QED) is 0.901. The van der Waals surface area contributed by atoms with E-state index in [9.17, 15) is 4.79 Å². The second kappa shape index (κ2) is 5.64. The highest BCUT2D eigenvalue weighted by Gasteiger charge is 2.05. The lowest BCUT2D eigenvalue weighted by Crippen LogP contribution is -2.02. The van der Waals surface area contributed by atoms with Gasteiger partial charge in [0.05, 0.1) is 23.4 Å². The molecule has 0 saturated carbocycles. The first-order chi connectivity index (χ1) is 8.66. The zero-order valence-electron chi connectivity index (χ0n) is 9.92. The minimum atomic E-state index is -0.946. The Morgan fingerprint density at radius 3 is 3.00 bits per heavy atom. The van der Waals surface area contributed by atoms with Crippen LogP contribution in [0.3, 0.4) is 0 Å². The molecular formula is C13H13NO3S. The van der Waals surface area contributed by atoms with E-state index < -0.39 is 5.97 Å². The maximum atomic E-state index is 10.8. The van der Waals surface area contributed by atoms with Crippen LogP contribution in [0.2, 0.25) is 0 Å². The number of aromatic carboxylic acids is 1. The van der Waals surface area contributed by atoms with Crippen molar-refractivity contribution in [3.05, 3.63) is 45.9 Å². The van der Waals surface area contributed by atoms with Gasteiger partial charge in [0, 0.05) is 11.3 Å². The molecule has 0 radical (unpaired) electrons. The fraction of sp³-hybridized carbons (Fsp3) is 0.231. The SMILES string of the molecule is Cc1ncsc1CCOc1cccc(C(=O)O)c1. The molecule has 0 unspecified atom stereocenters. The summed E-state index contributed by atoms with van der Waals surface area (Å²) >= 11 is 1.61. The van der Waals surface area contributed by atoms with Gasteiger partial charge in [-0.1, -0.05) is 6.07 Å². The van der Waals surface area contributed by atoms with E-state index in [0.717, 1.165) is 12.1 Å². The van der Waals surface area contributed by atoms with E-state index in [-0.39, 0.29) is 5.56 Å². The monoisotopic (exact) mass is 263 g/mol. The van der Waals surface area contributed by atoms with E-state index in [0.29, 0.717) is 12.4 Å². The molecular weight excluding hydrogens is 250 g/mol. The number of nitrogens with zero attached hydrogens (tertiary/aromatic N) is 1. The van der Waals surface area contributed by atoms with Gasteiger partial charge in [-0.2, -0.15) is 0 Å². The largest absolute Gasteiger partial charge is 0.493 e. The molecule has 2 aromatic rings. The highest BCUT2D eigenvalue weighted by molar-refractivity contribution is 7.09. The zero-order valence-corrected chi connectivity index (χ0v) is 10.7. The zero-order chi connectivity index (χ0) is 13.0. The molecule has 0 bridgehead atoms. The lowest BCUT2D eigenvalue weighted by Gasteiger charge is -2.06. The molecule has 1 N–H and O–H groups in total. The van der Waals surface area contributed by atoms with Gasteiger partial charge in [-0.3, -0.25) is 0 Å². The Kier molecular flexibility index (Phi) is 3.94. The van der Waals surface area contributed by atoms with Crippen molar-refractivity contribution in [3.63, 3.8) is 0 Å². The lowest BCUT2D eigenvalue weighted by atomic mass is 10.2. The van der Waals surface area contributed by atoms with Crippen molar-refractivity contribution in [2.45, 2.75) is 13.3 Å². The maximum absolute atomic E-state index is 10.8. The van der Waals surface area contributed by atoms with Gasteiger partial charge >= 0.3 is 5.97 Å². The third-order valence-corrected chi connectivity index (χ3v) is 3.52. The molecule has 94 valence electrons. The number of aryl methyl sites for hydroxylation is 1. The number of hydrogen-bond donors (Lipinski definition) is 1. The summed E-state index contributed by atoms with van der Waals surface area (Å²) < 4.78 is 5.54. The number of ether oxygens (including phenoxy) is 1. The number of carboxylic acids is 1. The van der Waals surface area contributed by atoms with Crippen molar-refractivity contribution < 1.29 is 14.6 Å². The number of thiazole rings is 1. The summed E-state index contributed by atoms with van der Waals surface area (Å²) in [6.07, 6.45) is 0.786. The topological polar surface area (TPSA) is 59.4 Å². The van der Waals surface area contributed by atoms with Crippen LogP contribution in [-0.4, -0.2) is 22.7 Å². The van der Waals surface area contributed by atoms with E-state index in [1.807, 2.05) is 12.4 Å². The van der Waals surface area contributed by atoms with Crippen LogP contribution in [0.1, 0.15) is 20.9 Å². The number of benzene rings is 1. The van der Waals surface area contributed by atoms with Gasteiger partial charge in [-0.15, -0.1) is 11.3 Å². The molecule has 18 heavy (non-hydrogen) atoms. The second-order valence-electron chi connectivity index (χ2n) is 3.79. The van der Waals surface area contributed by atoms with Crippen LogP contribution in [0.15, 0.2) is 29.8 Å². The summed E-state index contributed by atoms with van der Waals surface area (Å²) in [6.45, 7) is 2.49. The van der Waals surface area contributed by atoms with Gasteiger partial charge < -0.3 is 9.84 Å². The first kappa shape index (κ1) is 12.6. The number of aromatic nitrogens is 1. The Bertz CT molecular complexity index is 551. The predicted molar refractivity (Wildman–Crippen MR) is 69.5 cm³/mol. The van der Waals surface area contributed by atoms with E-state index in [4.69, 9.17) is 9.84 Å².